The molecule has 0 saturated carbocycles. The van der Waals surface area contributed by atoms with Crippen molar-refractivity contribution in [1.82, 2.24) is 19.8 Å². The highest BCUT2D eigenvalue weighted by atomic mass is 35.5. The Kier molecular flexibility index (Phi) is 4.73. The lowest BCUT2D eigenvalue weighted by Crippen LogP contribution is -2.72. The van der Waals surface area contributed by atoms with Crippen molar-refractivity contribution in [3.05, 3.63) is 11.2 Å². The van der Waals surface area contributed by atoms with Gasteiger partial charge >= 0.3 is 0 Å². The number of rotatable bonds is 2. The molecule has 1 amide bonds. The maximum atomic E-state index is 11.0. The van der Waals surface area contributed by atoms with E-state index in [1.165, 1.54) is 0 Å². The predicted octanol–water partition coefficient (Wildman–Crippen LogP) is 1.30. The number of carboxylic acid groups (broad SMARTS) is 1. The van der Waals surface area contributed by atoms with Crippen molar-refractivity contribution in [1.29, 1.82) is 0 Å². The Morgan fingerprint density at radius 1 is 1.43 bits per heavy atom. The Bertz CT molecular complexity index is 584. The summed E-state index contributed by atoms with van der Waals surface area (Å²) in [6.07, 6.45) is 0.361. The number of likely N-dealkylation sites (tertiary alicyclic amines) is 1. The van der Waals surface area contributed by atoms with E-state index in [1.54, 1.807) is 6.07 Å². The van der Waals surface area contributed by atoms with Gasteiger partial charge in [0.25, 0.3) is 0 Å². The summed E-state index contributed by atoms with van der Waals surface area (Å²) in [5.41, 5.74) is 5.57. The molecule has 2 heterocycles. The second kappa shape index (κ2) is 6.13. The molecule has 23 heavy (non-hydrogen) atoms. The maximum absolute atomic E-state index is 11.0. The van der Waals surface area contributed by atoms with Gasteiger partial charge in [0.15, 0.2) is 0 Å². The van der Waals surface area contributed by atoms with Crippen LogP contribution in [0.4, 0.5) is 16.6 Å². The summed E-state index contributed by atoms with van der Waals surface area (Å²) in [7, 11) is 0. The number of nitrogens with two attached hydrogens (primary N) is 1. The second-order valence-corrected chi connectivity index (χ2v) is 7.57. The average Bonchev–Trinajstić information content (AvgIpc) is 2.37. The summed E-state index contributed by atoms with van der Waals surface area (Å²) in [4.78, 5) is 19.3. The zero-order valence-electron chi connectivity index (χ0n) is 14.0. The molecule has 7 nitrogen and oxygen atoms in total. The molecule has 1 aromatic rings. The molecule has 1 aromatic heterocycles. The van der Waals surface area contributed by atoms with Crippen molar-refractivity contribution in [3.8, 4) is 0 Å². The normalized spacial score (nSPS) is 28.4. The first kappa shape index (κ1) is 17.7. The molecule has 1 fully saturated rings. The quantitative estimate of drug-likeness (QED) is 0.623. The SMILES string of the molecule is CC1CCC(NC(=O)[O-])C[N+]1(c1cc(Cl)nc(N)n1)C(C)(C)C. The van der Waals surface area contributed by atoms with Crippen molar-refractivity contribution in [2.24, 2.45) is 0 Å². The number of aromatic nitrogens is 2. The van der Waals surface area contributed by atoms with Gasteiger partial charge < -0.3 is 21.0 Å². The molecule has 8 heteroatoms. The van der Waals surface area contributed by atoms with E-state index in [1.807, 2.05) is 0 Å². The highest BCUT2D eigenvalue weighted by Gasteiger charge is 2.51. The van der Waals surface area contributed by atoms with E-state index >= 15 is 0 Å². The topological polar surface area (TPSA) is 104 Å². The highest BCUT2D eigenvalue weighted by Crippen LogP contribution is 2.40. The minimum atomic E-state index is -1.25. The van der Waals surface area contributed by atoms with Crippen LogP contribution < -0.4 is 20.6 Å². The first-order chi connectivity index (χ1) is 10.6. The number of anilines is 1. The average molecular weight is 342 g/mol. The van der Waals surface area contributed by atoms with E-state index in [0.717, 1.165) is 12.8 Å². The van der Waals surface area contributed by atoms with Crippen molar-refractivity contribution >= 4 is 29.5 Å². The van der Waals surface area contributed by atoms with E-state index in [4.69, 9.17) is 17.3 Å². The molecular formula is C15H24ClN5O2. The van der Waals surface area contributed by atoms with Crippen LogP contribution in [0.3, 0.4) is 0 Å². The van der Waals surface area contributed by atoms with E-state index < -0.39 is 6.09 Å². The van der Waals surface area contributed by atoms with Crippen LogP contribution in [0.2, 0.25) is 5.15 Å². The zero-order valence-corrected chi connectivity index (χ0v) is 14.7. The number of halogens is 1. The third kappa shape index (κ3) is 3.35. The molecular weight excluding hydrogens is 318 g/mol. The van der Waals surface area contributed by atoms with Gasteiger partial charge in [0.05, 0.1) is 23.7 Å². The molecule has 3 atom stereocenters. The molecule has 0 radical (unpaired) electrons. The third-order valence-corrected chi connectivity index (χ3v) is 5.01. The molecule has 1 aliphatic heterocycles. The molecule has 3 N–H and O–H groups in total. The number of nitrogen functional groups attached to an aromatic ring is 1. The van der Waals surface area contributed by atoms with Crippen LogP contribution >= 0.6 is 11.6 Å². The lowest BCUT2D eigenvalue weighted by Gasteiger charge is -2.55. The van der Waals surface area contributed by atoms with Gasteiger partial charge in [0.1, 0.15) is 17.8 Å². The van der Waals surface area contributed by atoms with E-state index in [2.05, 4.69) is 43.0 Å². The Labute approximate surface area is 141 Å². The first-order valence-corrected chi connectivity index (χ1v) is 8.10. The highest BCUT2D eigenvalue weighted by molar-refractivity contribution is 6.29. The van der Waals surface area contributed by atoms with E-state index in [0.29, 0.717) is 16.8 Å². The third-order valence-electron chi connectivity index (χ3n) is 4.82. The molecule has 1 saturated heterocycles. The van der Waals surface area contributed by atoms with Gasteiger partial charge in [0, 0.05) is 6.42 Å². The number of amides is 1. The summed E-state index contributed by atoms with van der Waals surface area (Å²) in [5.74, 6) is 0.837. The van der Waals surface area contributed by atoms with Crippen LogP contribution in [0, 0.1) is 0 Å². The summed E-state index contributed by atoms with van der Waals surface area (Å²) in [5, 5.41) is 13.8. The van der Waals surface area contributed by atoms with E-state index in [9.17, 15) is 9.90 Å². The van der Waals surface area contributed by atoms with Crippen LogP contribution in [-0.4, -0.2) is 40.2 Å². The molecule has 0 bridgehead atoms. The Hall–Kier alpha value is -1.60. The van der Waals surface area contributed by atoms with Gasteiger partial charge in [-0.25, -0.2) is 4.98 Å². The van der Waals surface area contributed by atoms with Crippen LogP contribution in [0.25, 0.3) is 0 Å². The van der Waals surface area contributed by atoms with Gasteiger partial charge in [-0.1, -0.05) is 11.6 Å². The number of hydrogen-bond acceptors (Lipinski definition) is 5. The first-order valence-electron chi connectivity index (χ1n) is 7.72. The molecule has 0 aromatic carbocycles. The number of carbonyl (C=O) groups excluding carboxylic acids is 1. The maximum Gasteiger partial charge on any atom is 0.234 e. The van der Waals surface area contributed by atoms with Crippen molar-refractivity contribution in [3.63, 3.8) is 0 Å². The number of piperidine rings is 1. The number of hydrogen-bond donors (Lipinski definition) is 2. The summed E-state index contributed by atoms with van der Waals surface area (Å²) in [6.45, 7) is 9.03. The molecule has 128 valence electrons. The summed E-state index contributed by atoms with van der Waals surface area (Å²) >= 11 is 6.09. The molecule has 1 aliphatic rings. The van der Waals surface area contributed by atoms with Crippen LogP contribution in [0.1, 0.15) is 40.5 Å². The van der Waals surface area contributed by atoms with Crippen molar-refractivity contribution < 1.29 is 9.90 Å². The minimum absolute atomic E-state index is 0.122. The van der Waals surface area contributed by atoms with Gasteiger partial charge in [-0.2, -0.15) is 4.98 Å². The fraction of sp³-hybridized carbons (Fsp3) is 0.667. The number of carbonyl (C=O) groups is 1. The Balaban J connectivity index is 2.55. The van der Waals surface area contributed by atoms with Crippen LogP contribution in [0.15, 0.2) is 6.07 Å². The molecule has 0 aliphatic carbocycles. The lowest BCUT2D eigenvalue weighted by molar-refractivity contribution is -0.252. The van der Waals surface area contributed by atoms with Gasteiger partial charge in [0.2, 0.25) is 11.8 Å². The van der Waals surface area contributed by atoms with Crippen LogP contribution in [-0.2, 0) is 0 Å². The molecule has 3 unspecified atom stereocenters. The smallest absolute Gasteiger partial charge is 0.234 e. The Morgan fingerprint density at radius 3 is 2.61 bits per heavy atom. The fourth-order valence-electron chi connectivity index (χ4n) is 3.79. The lowest BCUT2D eigenvalue weighted by atomic mass is 9.87. The van der Waals surface area contributed by atoms with Gasteiger partial charge in [-0.3, -0.25) is 4.48 Å². The number of nitrogens with one attached hydrogen (secondary N) is 1. The van der Waals surface area contributed by atoms with Gasteiger partial charge in [-0.15, -0.1) is 0 Å². The zero-order chi connectivity index (χ0) is 17.4. The number of quaternary nitrogens is 1. The summed E-state index contributed by atoms with van der Waals surface area (Å²) < 4.78 is 0.477. The second-order valence-electron chi connectivity index (χ2n) is 7.18. The number of nitrogens with zero attached hydrogens (tertiary/aromatic N) is 3. The van der Waals surface area contributed by atoms with E-state index in [-0.39, 0.29) is 28.7 Å². The standard InChI is InChI=1S/C15H24ClN5O2/c1-9-5-6-10(18-14(22)23)8-21(9,15(2,3)4)12-7-11(16)19-13(17)20-12/h7,9-10,18H,5-6,8H2,1-4H3,(H2-,17,19,20,22,23). The predicted molar refractivity (Wildman–Crippen MR) is 88.9 cm³/mol. The minimum Gasteiger partial charge on any atom is -0.530 e. The monoisotopic (exact) mass is 341 g/mol. The largest absolute Gasteiger partial charge is 0.530 e. The molecule has 2 rings (SSSR count). The molecule has 0 spiro atoms. The van der Waals surface area contributed by atoms with Gasteiger partial charge in [-0.05, 0) is 34.1 Å². The van der Waals surface area contributed by atoms with Crippen molar-refractivity contribution in [2.75, 3.05) is 12.3 Å². The Morgan fingerprint density at radius 2 is 2.09 bits per heavy atom. The van der Waals surface area contributed by atoms with Crippen molar-refractivity contribution in [2.45, 2.75) is 58.2 Å². The summed E-state index contributed by atoms with van der Waals surface area (Å²) in [6, 6.07) is 1.76. The fourth-order valence-corrected chi connectivity index (χ4v) is 3.98. The van der Waals surface area contributed by atoms with Crippen LogP contribution in [0.5, 0.6) is 0 Å².